The van der Waals surface area contributed by atoms with Crippen LogP contribution in [0.4, 0.5) is 5.82 Å². The van der Waals surface area contributed by atoms with Gasteiger partial charge in [0, 0.05) is 11.1 Å². The molecule has 0 amide bonds. The largest absolute Gasteiger partial charge is 0.385 e. The van der Waals surface area contributed by atoms with Gasteiger partial charge in [-0.05, 0) is 20.8 Å². The molecule has 7 heteroatoms. The van der Waals surface area contributed by atoms with Gasteiger partial charge < -0.3 is 5.73 Å². The second-order valence-corrected chi connectivity index (χ2v) is 3.80. The average molecular weight is 215 g/mol. The molecule has 1 aromatic heterocycles. The summed E-state index contributed by atoms with van der Waals surface area (Å²) < 4.78 is 0.752. The molecule has 0 saturated carbocycles. The van der Waals surface area contributed by atoms with Crippen molar-refractivity contribution in [2.75, 3.05) is 5.73 Å². The molecule has 0 atom stereocenters. The highest BCUT2D eigenvalue weighted by atomic mass is 17.5. The first kappa shape index (κ1) is 11.5. The number of nitrogen functional groups attached to an aromatic ring is 1. The van der Waals surface area contributed by atoms with Gasteiger partial charge in [0.05, 0.1) is 11.8 Å². The van der Waals surface area contributed by atoms with E-state index < -0.39 is 11.3 Å². The van der Waals surface area contributed by atoms with Gasteiger partial charge in [0.1, 0.15) is 5.82 Å². The molecule has 15 heavy (non-hydrogen) atoms. The van der Waals surface area contributed by atoms with Crippen molar-refractivity contribution in [3.8, 4) is 0 Å². The molecule has 0 aliphatic rings. The number of hydrogen-bond donors (Lipinski definition) is 1. The summed E-state index contributed by atoms with van der Waals surface area (Å²) in [5, 5.41) is 4.39. The third-order valence-electron chi connectivity index (χ3n) is 1.19. The third-order valence-corrected chi connectivity index (χ3v) is 1.19. The topological polar surface area (TPSA) is 88.6 Å². The number of aromatic nitrogens is 2. The summed E-state index contributed by atoms with van der Waals surface area (Å²) in [5.74, 6) is 0.108. The van der Waals surface area contributed by atoms with E-state index in [1.54, 1.807) is 20.8 Å². The first-order valence-corrected chi connectivity index (χ1v) is 4.26. The molecule has 0 radical (unpaired) electrons. The van der Waals surface area contributed by atoms with E-state index in [4.69, 9.17) is 10.6 Å². The van der Waals surface area contributed by atoms with Crippen molar-refractivity contribution in [1.82, 2.24) is 9.71 Å². The fourth-order valence-electron chi connectivity index (χ4n) is 0.612. The molecule has 1 aromatic rings. The van der Waals surface area contributed by atoms with Crippen molar-refractivity contribution in [3.05, 3.63) is 22.7 Å². The Bertz CT molecular complexity index is 382. The van der Waals surface area contributed by atoms with Crippen LogP contribution in [0.3, 0.4) is 0 Å². The molecule has 2 N–H and O–H groups in total. The first-order chi connectivity index (χ1) is 6.88. The summed E-state index contributed by atoms with van der Waals surface area (Å²) in [6.45, 7) is 5.29. The molecular formula is C8H13N3O4. The van der Waals surface area contributed by atoms with Gasteiger partial charge in [-0.1, -0.05) is 4.73 Å². The zero-order valence-electron chi connectivity index (χ0n) is 8.76. The molecule has 7 nitrogen and oxygen atoms in total. The minimum absolute atomic E-state index is 0.108. The molecule has 1 rings (SSSR count). The second-order valence-electron chi connectivity index (χ2n) is 3.80. The maximum atomic E-state index is 11.1. The average Bonchev–Trinajstić information content (AvgIpc) is 2.07. The van der Waals surface area contributed by atoms with Crippen molar-refractivity contribution in [1.29, 1.82) is 0 Å². The molecule has 0 fully saturated rings. The lowest BCUT2D eigenvalue weighted by atomic mass is 10.2. The van der Waals surface area contributed by atoms with Gasteiger partial charge in [0.15, 0.2) is 0 Å². The summed E-state index contributed by atoms with van der Waals surface area (Å²) in [4.78, 5) is 23.8. The summed E-state index contributed by atoms with van der Waals surface area (Å²) in [6, 6.07) is 1.39. The van der Waals surface area contributed by atoms with E-state index in [1.807, 2.05) is 0 Å². The monoisotopic (exact) mass is 215 g/mol. The Hall–Kier alpha value is -1.60. The summed E-state index contributed by atoms with van der Waals surface area (Å²) in [5.41, 5.74) is 4.05. The van der Waals surface area contributed by atoms with Gasteiger partial charge in [-0.25, -0.2) is 9.78 Å². The Balaban J connectivity index is 2.55. The molecule has 0 bridgehead atoms. The fourth-order valence-corrected chi connectivity index (χ4v) is 0.612. The summed E-state index contributed by atoms with van der Waals surface area (Å²) in [7, 11) is 0. The van der Waals surface area contributed by atoms with E-state index in [0.29, 0.717) is 0 Å². The Morgan fingerprint density at radius 1 is 1.47 bits per heavy atom. The standard InChI is InChI=1S/C8H13N3O4/c1-8(2,3)13-15-14-11-5-4-6(9)10-7(11)12/h4-5H,1-3H3,(H2,9,10,12). The zero-order valence-corrected chi connectivity index (χ0v) is 8.76. The lowest BCUT2D eigenvalue weighted by molar-refractivity contribution is -0.534. The Kier molecular flexibility index (Phi) is 3.28. The second kappa shape index (κ2) is 4.28. The molecule has 0 aliphatic carbocycles. The highest BCUT2D eigenvalue weighted by molar-refractivity contribution is 5.23. The molecule has 0 aliphatic heterocycles. The van der Waals surface area contributed by atoms with Gasteiger partial charge in [0.2, 0.25) is 0 Å². The van der Waals surface area contributed by atoms with Crippen LogP contribution in [-0.4, -0.2) is 15.3 Å². The van der Waals surface area contributed by atoms with Crippen LogP contribution >= 0.6 is 0 Å². The lowest BCUT2D eigenvalue weighted by Gasteiger charge is -2.15. The van der Waals surface area contributed by atoms with Crippen molar-refractivity contribution in [3.63, 3.8) is 0 Å². The molecule has 0 spiro atoms. The van der Waals surface area contributed by atoms with Crippen LogP contribution in [-0.2, 0) is 9.93 Å². The van der Waals surface area contributed by atoms with E-state index >= 15 is 0 Å². The Morgan fingerprint density at radius 3 is 2.67 bits per heavy atom. The van der Waals surface area contributed by atoms with E-state index in [2.05, 4.69) is 15.0 Å². The van der Waals surface area contributed by atoms with Gasteiger partial charge in [-0.2, -0.15) is 9.87 Å². The lowest BCUT2D eigenvalue weighted by Crippen LogP contribution is -2.31. The number of anilines is 1. The van der Waals surface area contributed by atoms with Crippen LogP contribution in [0.15, 0.2) is 17.1 Å². The van der Waals surface area contributed by atoms with Crippen LogP contribution in [0.2, 0.25) is 0 Å². The first-order valence-electron chi connectivity index (χ1n) is 4.26. The number of nitrogens with two attached hydrogens (primary N) is 1. The fraction of sp³-hybridized carbons (Fsp3) is 0.500. The van der Waals surface area contributed by atoms with Gasteiger partial charge >= 0.3 is 5.69 Å². The van der Waals surface area contributed by atoms with Gasteiger partial charge in [0.25, 0.3) is 0 Å². The van der Waals surface area contributed by atoms with Crippen LogP contribution in [0.25, 0.3) is 0 Å². The van der Waals surface area contributed by atoms with Crippen molar-refractivity contribution in [2.24, 2.45) is 0 Å². The SMILES string of the molecule is CC(C)(C)OOOn1ccc(N)nc1=O. The Morgan fingerprint density at radius 2 is 2.13 bits per heavy atom. The predicted molar refractivity (Wildman–Crippen MR) is 51.4 cm³/mol. The molecule has 0 saturated heterocycles. The molecule has 0 aromatic carbocycles. The van der Waals surface area contributed by atoms with E-state index in [1.165, 1.54) is 12.3 Å². The van der Waals surface area contributed by atoms with Crippen molar-refractivity contribution >= 4 is 5.82 Å². The quantitative estimate of drug-likeness (QED) is 0.560. The van der Waals surface area contributed by atoms with E-state index in [-0.39, 0.29) is 5.82 Å². The van der Waals surface area contributed by atoms with Crippen LogP contribution in [0.1, 0.15) is 20.8 Å². The minimum atomic E-state index is -0.687. The van der Waals surface area contributed by atoms with Gasteiger partial charge in [-0.15, -0.1) is 0 Å². The number of rotatable bonds is 3. The normalized spacial score (nSPS) is 11.4. The maximum Gasteiger partial charge on any atom is 0.385 e. The van der Waals surface area contributed by atoms with Crippen molar-refractivity contribution < 1.29 is 14.9 Å². The highest BCUT2D eigenvalue weighted by Gasteiger charge is 2.12. The number of nitrogens with zero attached hydrogens (tertiary/aromatic N) is 2. The molecule has 0 unspecified atom stereocenters. The van der Waals surface area contributed by atoms with E-state index in [0.717, 1.165) is 4.73 Å². The van der Waals surface area contributed by atoms with Crippen LogP contribution < -0.4 is 16.4 Å². The summed E-state index contributed by atoms with van der Waals surface area (Å²) in [6.07, 6.45) is 1.27. The summed E-state index contributed by atoms with van der Waals surface area (Å²) >= 11 is 0. The maximum absolute atomic E-state index is 11.1. The number of hydrogen-bond acceptors (Lipinski definition) is 6. The van der Waals surface area contributed by atoms with Crippen molar-refractivity contribution in [2.45, 2.75) is 26.4 Å². The van der Waals surface area contributed by atoms with E-state index in [9.17, 15) is 4.79 Å². The van der Waals surface area contributed by atoms with Crippen LogP contribution in [0, 0.1) is 0 Å². The predicted octanol–water partition coefficient (Wildman–Crippen LogP) is -0.0842. The van der Waals surface area contributed by atoms with Crippen LogP contribution in [0.5, 0.6) is 0 Å². The Labute approximate surface area is 86.2 Å². The zero-order chi connectivity index (χ0) is 11.5. The third kappa shape index (κ3) is 3.96. The molecule has 1 heterocycles. The van der Waals surface area contributed by atoms with Gasteiger partial charge in [-0.3, -0.25) is 0 Å². The molecule has 84 valence electrons. The highest BCUT2D eigenvalue weighted by Crippen LogP contribution is 2.05. The minimum Gasteiger partial charge on any atom is -0.383 e. The molecular weight excluding hydrogens is 202 g/mol. The smallest absolute Gasteiger partial charge is 0.383 e.